The summed E-state index contributed by atoms with van der Waals surface area (Å²) in [7, 11) is 0. The number of amides is 2. The molecular formula is C13H16ClF3N2O. The molecule has 2 amide bonds. The van der Waals surface area contributed by atoms with E-state index in [1.807, 2.05) is 0 Å². The van der Waals surface area contributed by atoms with Gasteiger partial charge in [-0.3, -0.25) is 0 Å². The molecule has 0 unspecified atom stereocenters. The van der Waals surface area contributed by atoms with Crippen LogP contribution in [0.3, 0.4) is 0 Å². The Kier molecular flexibility index (Phi) is 5.68. The fraction of sp³-hybridized carbons (Fsp3) is 0.462. The maximum Gasteiger partial charge on any atom is 0.406 e. The van der Waals surface area contributed by atoms with Gasteiger partial charge in [0.15, 0.2) is 0 Å². The summed E-state index contributed by atoms with van der Waals surface area (Å²) in [5.74, 6) is -0.0617. The lowest BCUT2D eigenvalue weighted by Crippen LogP contribution is -2.43. The fourth-order valence-corrected chi connectivity index (χ4v) is 1.74. The molecule has 1 aromatic rings. The molecule has 0 aliphatic rings. The molecule has 0 aromatic heterocycles. The fourth-order valence-electron chi connectivity index (χ4n) is 1.61. The zero-order valence-electron chi connectivity index (χ0n) is 11.2. The van der Waals surface area contributed by atoms with E-state index >= 15 is 0 Å². The van der Waals surface area contributed by atoms with Crippen molar-refractivity contribution in [1.29, 1.82) is 0 Å². The van der Waals surface area contributed by atoms with Crippen LogP contribution in [-0.4, -0.2) is 30.2 Å². The molecular weight excluding hydrogens is 293 g/mol. The zero-order valence-corrected chi connectivity index (χ0v) is 11.9. The number of hydrogen-bond donors (Lipinski definition) is 1. The number of carbonyl (C=O) groups is 1. The van der Waals surface area contributed by atoms with Crippen molar-refractivity contribution < 1.29 is 18.0 Å². The van der Waals surface area contributed by atoms with Gasteiger partial charge in [0.1, 0.15) is 6.54 Å². The van der Waals surface area contributed by atoms with E-state index in [1.54, 1.807) is 26.0 Å². The Labute approximate surface area is 120 Å². The van der Waals surface area contributed by atoms with Crippen LogP contribution in [0.25, 0.3) is 0 Å². The van der Waals surface area contributed by atoms with Gasteiger partial charge in [-0.15, -0.1) is 0 Å². The third kappa shape index (κ3) is 6.14. The van der Waals surface area contributed by atoms with Crippen molar-refractivity contribution in [2.45, 2.75) is 20.0 Å². The number of carbonyl (C=O) groups excluding carboxylic acids is 1. The molecule has 0 radical (unpaired) electrons. The maximum absolute atomic E-state index is 12.5. The molecule has 20 heavy (non-hydrogen) atoms. The first-order chi connectivity index (χ1) is 9.17. The highest BCUT2D eigenvalue weighted by Crippen LogP contribution is 2.19. The number of hydrogen-bond acceptors (Lipinski definition) is 1. The highest BCUT2D eigenvalue weighted by Gasteiger charge is 2.33. The molecule has 1 rings (SSSR count). The summed E-state index contributed by atoms with van der Waals surface area (Å²) in [4.78, 5) is 12.6. The number of anilines is 1. The number of alkyl halides is 3. The lowest BCUT2D eigenvalue weighted by Gasteiger charge is -2.25. The summed E-state index contributed by atoms with van der Waals surface area (Å²) < 4.78 is 37.4. The molecule has 0 bridgehead atoms. The molecule has 1 aromatic carbocycles. The van der Waals surface area contributed by atoms with E-state index in [4.69, 9.17) is 11.6 Å². The van der Waals surface area contributed by atoms with Gasteiger partial charge in [-0.1, -0.05) is 25.4 Å². The van der Waals surface area contributed by atoms with Crippen molar-refractivity contribution >= 4 is 23.3 Å². The van der Waals surface area contributed by atoms with Crippen LogP contribution in [0.5, 0.6) is 0 Å². The van der Waals surface area contributed by atoms with Crippen molar-refractivity contribution in [3.63, 3.8) is 0 Å². The van der Waals surface area contributed by atoms with Crippen LogP contribution in [0.1, 0.15) is 13.8 Å². The SMILES string of the molecule is CC(C)CN(CC(F)(F)F)C(=O)Nc1ccc(Cl)cc1. The Hall–Kier alpha value is -1.43. The van der Waals surface area contributed by atoms with Gasteiger partial charge < -0.3 is 10.2 Å². The normalized spacial score (nSPS) is 11.6. The summed E-state index contributed by atoms with van der Waals surface area (Å²) in [6, 6.07) is 5.38. The minimum atomic E-state index is -4.42. The Balaban J connectivity index is 2.74. The first-order valence-corrected chi connectivity index (χ1v) is 6.43. The second kappa shape index (κ2) is 6.83. The Morgan fingerprint density at radius 3 is 2.30 bits per heavy atom. The van der Waals surface area contributed by atoms with Gasteiger partial charge in [-0.05, 0) is 30.2 Å². The molecule has 0 saturated carbocycles. The monoisotopic (exact) mass is 308 g/mol. The molecule has 0 saturated heterocycles. The number of nitrogens with one attached hydrogen (secondary N) is 1. The molecule has 0 aliphatic heterocycles. The molecule has 0 heterocycles. The minimum Gasteiger partial charge on any atom is -0.315 e. The summed E-state index contributed by atoms with van der Waals surface area (Å²) in [5, 5.41) is 2.91. The third-order valence-electron chi connectivity index (χ3n) is 2.34. The van der Waals surface area contributed by atoms with Crippen LogP contribution in [0.15, 0.2) is 24.3 Å². The standard InChI is InChI=1S/C13H16ClF3N2O/c1-9(2)7-19(8-13(15,16)17)12(20)18-11-5-3-10(14)4-6-11/h3-6,9H,7-8H2,1-2H3,(H,18,20). The van der Waals surface area contributed by atoms with Gasteiger partial charge in [0.05, 0.1) is 0 Å². The lowest BCUT2D eigenvalue weighted by atomic mass is 10.2. The van der Waals surface area contributed by atoms with E-state index in [2.05, 4.69) is 5.32 Å². The minimum absolute atomic E-state index is 0.0267. The Morgan fingerprint density at radius 2 is 1.85 bits per heavy atom. The Morgan fingerprint density at radius 1 is 1.30 bits per heavy atom. The van der Waals surface area contributed by atoms with Crippen LogP contribution in [-0.2, 0) is 0 Å². The largest absolute Gasteiger partial charge is 0.406 e. The summed E-state index contributed by atoms with van der Waals surface area (Å²) in [6.07, 6.45) is -4.42. The molecule has 0 atom stereocenters. The van der Waals surface area contributed by atoms with Crippen LogP contribution >= 0.6 is 11.6 Å². The number of nitrogens with zero attached hydrogens (tertiary/aromatic N) is 1. The first kappa shape index (κ1) is 16.6. The van der Waals surface area contributed by atoms with E-state index in [-0.39, 0.29) is 12.5 Å². The van der Waals surface area contributed by atoms with Gasteiger partial charge in [-0.25, -0.2) is 4.79 Å². The quantitative estimate of drug-likeness (QED) is 0.879. The third-order valence-corrected chi connectivity index (χ3v) is 2.59. The summed E-state index contributed by atoms with van der Waals surface area (Å²) in [6.45, 7) is 2.25. The maximum atomic E-state index is 12.5. The molecule has 7 heteroatoms. The predicted octanol–water partition coefficient (Wildman–Crippen LogP) is 4.39. The molecule has 1 N–H and O–H groups in total. The number of rotatable bonds is 4. The van der Waals surface area contributed by atoms with E-state index in [1.165, 1.54) is 12.1 Å². The number of urea groups is 1. The lowest BCUT2D eigenvalue weighted by molar-refractivity contribution is -0.140. The number of benzene rings is 1. The first-order valence-electron chi connectivity index (χ1n) is 6.05. The highest BCUT2D eigenvalue weighted by atomic mass is 35.5. The zero-order chi connectivity index (χ0) is 15.3. The average Bonchev–Trinajstić information content (AvgIpc) is 2.29. The van der Waals surface area contributed by atoms with E-state index in [9.17, 15) is 18.0 Å². The predicted molar refractivity (Wildman–Crippen MR) is 72.9 cm³/mol. The molecule has 0 spiro atoms. The van der Waals surface area contributed by atoms with Crippen molar-refractivity contribution in [1.82, 2.24) is 4.90 Å². The average molecular weight is 309 g/mol. The highest BCUT2D eigenvalue weighted by molar-refractivity contribution is 6.30. The van der Waals surface area contributed by atoms with E-state index in [0.29, 0.717) is 10.7 Å². The van der Waals surface area contributed by atoms with E-state index < -0.39 is 18.8 Å². The summed E-state index contributed by atoms with van der Waals surface area (Å²) >= 11 is 5.69. The van der Waals surface area contributed by atoms with Gasteiger partial charge >= 0.3 is 12.2 Å². The molecule has 0 aliphatic carbocycles. The van der Waals surface area contributed by atoms with Crippen LogP contribution in [0.2, 0.25) is 5.02 Å². The van der Waals surface area contributed by atoms with Gasteiger partial charge in [-0.2, -0.15) is 13.2 Å². The molecule has 0 fully saturated rings. The van der Waals surface area contributed by atoms with Gasteiger partial charge in [0.2, 0.25) is 0 Å². The second-order valence-electron chi connectivity index (χ2n) is 4.83. The van der Waals surface area contributed by atoms with Crippen molar-refractivity contribution in [2.75, 3.05) is 18.4 Å². The van der Waals surface area contributed by atoms with Gasteiger partial charge in [0.25, 0.3) is 0 Å². The van der Waals surface area contributed by atoms with Crippen molar-refractivity contribution in [3.05, 3.63) is 29.3 Å². The smallest absolute Gasteiger partial charge is 0.315 e. The number of halogens is 4. The topological polar surface area (TPSA) is 32.3 Å². The van der Waals surface area contributed by atoms with Crippen LogP contribution in [0, 0.1) is 5.92 Å². The molecule has 3 nitrogen and oxygen atoms in total. The van der Waals surface area contributed by atoms with Crippen LogP contribution in [0.4, 0.5) is 23.7 Å². The summed E-state index contributed by atoms with van der Waals surface area (Å²) in [5.41, 5.74) is 0.398. The van der Waals surface area contributed by atoms with Gasteiger partial charge in [0, 0.05) is 17.3 Å². The second-order valence-corrected chi connectivity index (χ2v) is 5.26. The van der Waals surface area contributed by atoms with E-state index in [0.717, 1.165) is 4.90 Å². The van der Waals surface area contributed by atoms with Crippen molar-refractivity contribution in [3.8, 4) is 0 Å². The van der Waals surface area contributed by atoms with Crippen molar-refractivity contribution in [2.24, 2.45) is 5.92 Å². The van der Waals surface area contributed by atoms with Crippen LogP contribution < -0.4 is 5.32 Å². The Bertz CT molecular complexity index is 446. The molecule has 112 valence electrons.